The lowest BCUT2D eigenvalue weighted by Gasteiger charge is -2.39. The topological polar surface area (TPSA) is 0 Å². The van der Waals surface area contributed by atoms with E-state index in [0.29, 0.717) is 5.92 Å². The molecule has 3 aromatic carbocycles. The second kappa shape index (κ2) is 7.43. The molecule has 2 unspecified atom stereocenters. The molecule has 144 valence electrons. The van der Waals surface area contributed by atoms with Crippen molar-refractivity contribution in [2.75, 3.05) is 0 Å². The van der Waals surface area contributed by atoms with Crippen LogP contribution in [0.2, 0.25) is 0 Å². The van der Waals surface area contributed by atoms with Gasteiger partial charge in [-0.05, 0) is 48.1 Å². The van der Waals surface area contributed by atoms with Crippen molar-refractivity contribution in [2.24, 2.45) is 5.92 Å². The highest BCUT2D eigenvalue weighted by atomic mass is 31.1. The molecule has 2 aliphatic rings. The van der Waals surface area contributed by atoms with Crippen molar-refractivity contribution in [3.63, 3.8) is 0 Å². The first kappa shape index (κ1) is 18.6. The predicted molar refractivity (Wildman–Crippen MR) is 126 cm³/mol. The van der Waals surface area contributed by atoms with Gasteiger partial charge in [0.2, 0.25) is 0 Å². The van der Waals surface area contributed by atoms with E-state index in [0.717, 1.165) is 12.8 Å². The van der Waals surface area contributed by atoms with E-state index in [2.05, 4.69) is 111 Å². The number of hydrogen-bond donors (Lipinski definition) is 0. The van der Waals surface area contributed by atoms with Gasteiger partial charge in [0.15, 0.2) is 0 Å². The van der Waals surface area contributed by atoms with Gasteiger partial charge in [0.05, 0.1) is 5.16 Å². The molecule has 0 aliphatic carbocycles. The number of rotatable bonds is 5. The maximum atomic E-state index is 2.62. The lowest BCUT2D eigenvalue weighted by Crippen LogP contribution is -2.28. The molecule has 3 aromatic rings. The van der Waals surface area contributed by atoms with Crippen molar-refractivity contribution in [3.05, 3.63) is 125 Å². The zero-order chi connectivity index (χ0) is 19.8. The standard InChI is InChI=1S/C28H27P/c1-3-24-25-20-27(21-14-8-5-9-15-21)29(26(24)4-2)28(25,22-16-10-6-11-17-22)23-18-12-7-13-19-23/h5-20,25H,3-4H2,1-2H3. The van der Waals surface area contributed by atoms with Crippen LogP contribution in [-0.2, 0) is 5.16 Å². The molecular formula is C28H27P. The lowest BCUT2D eigenvalue weighted by atomic mass is 9.75. The predicted octanol–water partition coefficient (Wildman–Crippen LogP) is 8.17. The van der Waals surface area contributed by atoms with Gasteiger partial charge in [-0.3, -0.25) is 0 Å². The van der Waals surface area contributed by atoms with E-state index >= 15 is 0 Å². The summed E-state index contributed by atoms with van der Waals surface area (Å²) in [7, 11) is -0.477. The summed E-state index contributed by atoms with van der Waals surface area (Å²) in [6, 6.07) is 33.7. The van der Waals surface area contributed by atoms with Crippen LogP contribution in [0.3, 0.4) is 0 Å². The molecule has 0 radical (unpaired) electrons. The van der Waals surface area contributed by atoms with E-state index in [1.54, 1.807) is 16.2 Å². The van der Waals surface area contributed by atoms with Crippen molar-refractivity contribution in [1.82, 2.24) is 0 Å². The van der Waals surface area contributed by atoms with Crippen molar-refractivity contribution in [3.8, 4) is 0 Å². The van der Waals surface area contributed by atoms with Crippen LogP contribution in [0, 0.1) is 5.92 Å². The number of fused-ring (bicyclic) bond motifs is 2. The van der Waals surface area contributed by atoms with Crippen LogP contribution in [0.25, 0.3) is 5.31 Å². The SMILES string of the molecule is CCC1=C(CC)P2C(c3ccccc3)=CC1C2(c1ccccc1)c1ccccc1. The van der Waals surface area contributed by atoms with Crippen molar-refractivity contribution in [2.45, 2.75) is 31.8 Å². The molecule has 5 rings (SSSR count). The minimum absolute atomic E-state index is 0.0275. The average molecular weight is 394 g/mol. The summed E-state index contributed by atoms with van der Waals surface area (Å²) in [6.07, 6.45) is 4.92. The first-order valence-corrected chi connectivity index (χ1v) is 12.1. The minimum Gasteiger partial charge on any atom is -0.0670 e. The molecule has 0 nitrogen and oxygen atoms in total. The van der Waals surface area contributed by atoms with Gasteiger partial charge in [0.1, 0.15) is 0 Å². The van der Waals surface area contributed by atoms with E-state index in [1.807, 2.05) is 0 Å². The maximum absolute atomic E-state index is 2.62. The number of hydrogen-bond acceptors (Lipinski definition) is 0. The Kier molecular flexibility index (Phi) is 4.76. The first-order chi connectivity index (χ1) is 14.3. The van der Waals surface area contributed by atoms with Gasteiger partial charge in [-0.2, -0.15) is 0 Å². The second-order valence-corrected chi connectivity index (χ2v) is 10.3. The van der Waals surface area contributed by atoms with E-state index in [9.17, 15) is 0 Å². The molecule has 29 heavy (non-hydrogen) atoms. The minimum atomic E-state index is -0.477. The summed E-state index contributed by atoms with van der Waals surface area (Å²) in [5.74, 6) is 0.452. The quantitative estimate of drug-likeness (QED) is 0.383. The summed E-state index contributed by atoms with van der Waals surface area (Å²) in [5.41, 5.74) is 6.03. The zero-order valence-corrected chi connectivity index (χ0v) is 18.1. The van der Waals surface area contributed by atoms with Gasteiger partial charge in [0, 0.05) is 5.92 Å². The monoisotopic (exact) mass is 394 g/mol. The Balaban J connectivity index is 1.80. The van der Waals surface area contributed by atoms with Crippen LogP contribution in [-0.4, -0.2) is 0 Å². The van der Waals surface area contributed by atoms with Gasteiger partial charge in [-0.25, -0.2) is 0 Å². The highest BCUT2D eigenvalue weighted by Crippen LogP contribution is 2.84. The van der Waals surface area contributed by atoms with Gasteiger partial charge >= 0.3 is 0 Å². The molecule has 2 atom stereocenters. The van der Waals surface area contributed by atoms with E-state index in [-0.39, 0.29) is 5.16 Å². The Morgan fingerprint density at radius 2 is 1.21 bits per heavy atom. The Bertz CT molecular complexity index is 1020. The van der Waals surface area contributed by atoms with E-state index in [1.165, 1.54) is 16.7 Å². The van der Waals surface area contributed by atoms with Crippen molar-refractivity contribution in [1.29, 1.82) is 0 Å². The molecule has 0 saturated carbocycles. The number of benzene rings is 3. The molecule has 0 saturated heterocycles. The molecule has 0 N–H and O–H groups in total. The van der Waals surface area contributed by atoms with Crippen LogP contribution in [0.1, 0.15) is 43.4 Å². The summed E-state index contributed by atoms with van der Waals surface area (Å²) in [4.78, 5) is 0. The fourth-order valence-electron chi connectivity index (χ4n) is 5.53. The van der Waals surface area contributed by atoms with Gasteiger partial charge < -0.3 is 0 Å². The highest BCUT2D eigenvalue weighted by Gasteiger charge is 2.59. The second-order valence-electron chi connectivity index (χ2n) is 7.91. The summed E-state index contributed by atoms with van der Waals surface area (Å²) < 4.78 is 0. The van der Waals surface area contributed by atoms with E-state index < -0.39 is 7.92 Å². The van der Waals surface area contributed by atoms with Crippen LogP contribution < -0.4 is 0 Å². The Hall–Kier alpha value is -2.43. The van der Waals surface area contributed by atoms with Crippen LogP contribution in [0.5, 0.6) is 0 Å². The summed E-state index contributed by atoms with van der Waals surface area (Å²) in [5, 5.41) is 3.33. The highest BCUT2D eigenvalue weighted by molar-refractivity contribution is 7.74. The number of allylic oxidation sites excluding steroid dienone is 3. The molecular weight excluding hydrogens is 367 g/mol. The molecule has 1 heteroatoms. The van der Waals surface area contributed by atoms with Gasteiger partial charge in [-0.15, -0.1) is 0 Å². The third-order valence-electron chi connectivity index (χ3n) is 6.60. The largest absolute Gasteiger partial charge is 0.0670 e. The van der Waals surface area contributed by atoms with Gasteiger partial charge in [0.25, 0.3) is 0 Å². The molecule has 0 amide bonds. The molecule has 0 fully saturated rings. The molecule has 2 aliphatic heterocycles. The molecule has 2 bridgehead atoms. The van der Waals surface area contributed by atoms with Crippen LogP contribution >= 0.6 is 7.92 Å². The Labute approximate surface area is 175 Å². The third-order valence-corrected chi connectivity index (χ3v) is 10.1. The van der Waals surface area contributed by atoms with Crippen molar-refractivity contribution < 1.29 is 0 Å². The van der Waals surface area contributed by atoms with Gasteiger partial charge in [-0.1, -0.05) is 116 Å². The van der Waals surface area contributed by atoms with Crippen LogP contribution in [0.4, 0.5) is 0 Å². The van der Waals surface area contributed by atoms with Crippen molar-refractivity contribution >= 4 is 13.2 Å². The van der Waals surface area contributed by atoms with Crippen LogP contribution in [0.15, 0.2) is 108 Å². The average Bonchev–Trinajstić information content (AvgIpc) is 3.29. The molecule has 0 spiro atoms. The zero-order valence-electron chi connectivity index (χ0n) is 17.2. The smallest absolute Gasteiger partial charge is 0.0580 e. The Morgan fingerprint density at radius 3 is 1.69 bits per heavy atom. The summed E-state index contributed by atoms with van der Waals surface area (Å²) >= 11 is 0. The fourth-order valence-corrected chi connectivity index (χ4v) is 9.55. The fraction of sp³-hybridized carbons (Fsp3) is 0.214. The Morgan fingerprint density at radius 1 is 0.690 bits per heavy atom. The maximum Gasteiger partial charge on any atom is 0.0580 e. The molecule has 0 aromatic heterocycles. The lowest BCUT2D eigenvalue weighted by molar-refractivity contribution is 0.597. The van der Waals surface area contributed by atoms with E-state index in [4.69, 9.17) is 0 Å². The first-order valence-electron chi connectivity index (χ1n) is 10.7. The molecule has 2 heterocycles. The normalized spacial score (nSPS) is 22.1. The summed E-state index contributed by atoms with van der Waals surface area (Å²) in [6.45, 7) is 4.70. The third kappa shape index (κ3) is 2.62.